The van der Waals surface area contributed by atoms with Gasteiger partial charge < -0.3 is 14.9 Å². The van der Waals surface area contributed by atoms with Gasteiger partial charge >= 0.3 is 26.2 Å². The number of rotatable bonds is 0. The number of allylic oxidation sites excluding steroid dienone is 4. The van der Waals surface area contributed by atoms with Gasteiger partial charge in [0.15, 0.2) is 0 Å². The molecular weight excluding hydrogens is 343 g/mol. The molecule has 2 aliphatic rings. The summed E-state index contributed by atoms with van der Waals surface area (Å²) < 4.78 is 0. The van der Waals surface area contributed by atoms with Crippen LogP contribution in [0.5, 0.6) is 0 Å². The molecule has 0 spiro atoms. The monoisotopic (exact) mass is 374 g/mol. The predicted molar refractivity (Wildman–Crippen MR) is 97.4 cm³/mol. The Kier molecular flexibility index (Phi) is 11.2. The van der Waals surface area contributed by atoms with Crippen molar-refractivity contribution >= 4 is 0 Å². The molecule has 0 N–H and O–H groups in total. The minimum absolute atomic E-state index is 0. The molecule has 1 saturated carbocycles. The normalized spacial score (nSPS) is 17.5. The van der Waals surface area contributed by atoms with Crippen LogP contribution < -0.4 is 0 Å². The minimum Gasteiger partial charge on any atom is -0.358 e. The molecule has 0 heterocycles. The van der Waals surface area contributed by atoms with E-state index in [2.05, 4.69) is 59.3 Å². The van der Waals surface area contributed by atoms with Crippen LogP contribution in [0.2, 0.25) is 0 Å². The van der Waals surface area contributed by atoms with Crippen molar-refractivity contribution in [2.75, 3.05) is 0 Å². The van der Waals surface area contributed by atoms with Gasteiger partial charge in [0.05, 0.1) is 0 Å². The third-order valence-electron chi connectivity index (χ3n) is 5.02. The molecule has 1 heteroatoms. The number of hydrogen-bond donors (Lipinski definition) is 0. The van der Waals surface area contributed by atoms with E-state index < -0.39 is 0 Å². The van der Waals surface area contributed by atoms with Crippen molar-refractivity contribution in [3.05, 3.63) is 72.9 Å². The molecule has 0 amide bonds. The second kappa shape index (κ2) is 10.4. The van der Waals surface area contributed by atoms with Crippen molar-refractivity contribution < 1.29 is 26.2 Å². The van der Waals surface area contributed by atoms with Gasteiger partial charge in [0.25, 0.3) is 0 Å². The second-order valence-electron chi connectivity index (χ2n) is 5.93. The summed E-state index contributed by atoms with van der Waals surface area (Å²) in [5.74, 6) is 0.884. The Morgan fingerprint density at radius 2 is 1.59 bits per heavy atom. The Morgan fingerprint density at radius 1 is 1.05 bits per heavy atom. The quantitative estimate of drug-likeness (QED) is 0.465. The van der Waals surface area contributed by atoms with Crippen LogP contribution in [0.3, 0.4) is 0 Å². The van der Waals surface area contributed by atoms with Crippen molar-refractivity contribution in [3.8, 4) is 0 Å². The van der Waals surface area contributed by atoms with Crippen LogP contribution in [0.25, 0.3) is 0 Å². The topological polar surface area (TPSA) is 0 Å². The van der Waals surface area contributed by atoms with Gasteiger partial charge in [-0.1, -0.05) is 41.0 Å². The maximum absolute atomic E-state index is 2.37. The molecule has 1 atom stereocenters. The Bertz CT molecular complexity index is 434. The van der Waals surface area contributed by atoms with E-state index in [1.165, 1.54) is 47.1 Å². The van der Waals surface area contributed by atoms with E-state index in [1.54, 1.807) is 5.57 Å². The minimum atomic E-state index is 0. The fraction of sp³-hybridized carbons (Fsp3) is 0.429. The summed E-state index contributed by atoms with van der Waals surface area (Å²) in [6.45, 7) is 11.0. The average molecular weight is 376 g/mol. The molecule has 22 heavy (non-hydrogen) atoms. The fourth-order valence-electron chi connectivity index (χ4n) is 3.07. The first-order chi connectivity index (χ1) is 9.02. The molecule has 1 unspecified atom stereocenters. The van der Waals surface area contributed by atoms with Crippen LogP contribution in [0.1, 0.15) is 47.1 Å². The van der Waals surface area contributed by atoms with Gasteiger partial charge in [0.2, 0.25) is 0 Å². The van der Waals surface area contributed by atoms with Crippen molar-refractivity contribution in [2.45, 2.75) is 53.9 Å². The number of hydrogen-bond acceptors (Lipinski definition) is 0. The van der Waals surface area contributed by atoms with Crippen LogP contribution in [-0.4, -0.2) is 0 Å². The molecule has 0 nitrogen and oxygen atoms in total. The third kappa shape index (κ3) is 5.05. The summed E-state index contributed by atoms with van der Waals surface area (Å²) in [5.41, 5.74) is 8.92. The molecule has 0 bridgehead atoms. The summed E-state index contributed by atoms with van der Waals surface area (Å²) >= 11 is 0. The molecule has 2 aliphatic carbocycles. The van der Waals surface area contributed by atoms with Gasteiger partial charge in [0.1, 0.15) is 0 Å². The van der Waals surface area contributed by atoms with E-state index >= 15 is 0 Å². The largest absolute Gasteiger partial charge is 4.00 e. The Labute approximate surface area is 158 Å². The zero-order valence-electron chi connectivity index (χ0n) is 15.5. The average Bonchev–Trinajstić information content (AvgIpc) is 2.97. The van der Waals surface area contributed by atoms with Crippen LogP contribution >= 0.6 is 0 Å². The third-order valence-corrected chi connectivity index (χ3v) is 5.02. The summed E-state index contributed by atoms with van der Waals surface area (Å²) in [4.78, 5) is 0. The summed E-state index contributed by atoms with van der Waals surface area (Å²) in [6, 6.07) is 0. The van der Waals surface area contributed by atoms with Crippen molar-refractivity contribution in [3.63, 3.8) is 0 Å². The molecular formula is C21H32Zr. The van der Waals surface area contributed by atoms with Gasteiger partial charge in [-0.25, -0.2) is 18.1 Å². The molecule has 1 aromatic rings. The van der Waals surface area contributed by atoms with Gasteiger partial charge in [-0.15, -0.1) is 18.6 Å². The molecule has 0 aliphatic heterocycles. The van der Waals surface area contributed by atoms with Crippen molar-refractivity contribution in [2.24, 2.45) is 5.92 Å². The zero-order valence-corrected chi connectivity index (χ0v) is 18.0. The smallest absolute Gasteiger partial charge is 0.358 e. The predicted octanol–water partition coefficient (Wildman–Crippen LogP) is 6.33. The summed E-state index contributed by atoms with van der Waals surface area (Å²) in [5, 5.41) is 0. The van der Waals surface area contributed by atoms with E-state index in [-0.39, 0.29) is 41.1 Å². The first-order valence-electron chi connectivity index (χ1n) is 7.42. The van der Waals surface area contributed by atoms with Crippen molar-refractivity contribution in [1.82, 2.24) is 0 Å². The van der Waals surface area contributed by atoms with E-state index in [0.29, 0.717) is 0 Å². The summed E-state index contributed by atoms with van der Waals surface area (Å²) in [6.07, 6.45) is 13.0. The van der Waals surface area contributed by atoms with E-state index in [4.69, 9.17) is 0 Å². The van der Waals surface area contributed by atoms with Crippen molar-refractivity contribution in [1.29, 1.82) is 0 Å². The second-order valence-corrected chi connectivity index (χ2v) is 5.93. The molecule has 3 rings (SSSR count). The SMILES string of the molecule is C1=CCC2CC[CH-]C2=C1.Cc1c(C)c(C)[c-](C)c1C.[CH3-].[CH3-].[Zr+4]. The Hall–Kier alpha value is -0.417. The molecule has 120 valence electrons. The van der Waals surface area contributed by atoms with Crippen LogP contribution in [0.15, 0.2) is 23.8 Å². The number of fused-ring (bicyclic) bond motifs is 1. The molecule has 0 radical (unpaired) electrons. The van der Waals surface area contributed by atoms with Gasteiger partial charge in [-0.05, 0) is 12.3 Å². The molecule has 1 fully saturated rings. The standard InChI is InChI=1S/C10H15.C9H11.2CH3.Zr/c1-6-7(2)9(4)10(5)8(6)3;1-2-5-9-7-3-6-8(9)4-1;;;/h1-5H3;1-2,4,6,9H,3,5,7H2;2*1H3;/q4*-1;+4. The maximum atomic E-state index is 2.37. The molecule has 0 saturated heterocycles. The summed E-state index contributed by atoms with van der Waals surface area (Å²) in [7, 11) is 0. The molecule has 0 aromatic heterocycles. The van der Waals surface area contributed by atoms with Crippen LogP contribution in [0, 0.1) is 61.8 Å². The van der Waals surface area contributed by atoms with Gasteiger partial charge in [-0.3, -0.25) is 0 Å². The zero-order chi connectivity index (χ0) is 14.0. The van der Waals surface area contributed by atoms with Gasteiger partial charge in [0, 0.05) is 0 Å². The van der Waals surface area contributed by atoms with E-state index in [1.807, 2.05) is 0 Å². The fourth-order valence-corrected chi connectivity index (χ4v) is 3.07. The Morgan fingerprint density at radius 3 is 2.00 bits per heavy atom. The first-order valence-corrected chi connectivity index (χ1v) is 7.42. The van der Waals surface area contributed by atoms with E-state index in [0.717, 1.165) is 5.92 Å². The molecule has 1 aromatic carbocycles. The maximum Gasteiger partial charge on any atom is 4.00 e. The van der Waals surface area contributed by atoms with Crippen LogP contribution in [0.4, 0.5) is 0 Å². The van der Waals surface area contributed by atoms with Gasteiger partial charge in [-0.2, -0.15) is 27.8 Å². The van der Waals surface area contributed by atoms with Crippen LogP contribution in [-0.2, 0) is 26.2 Å². The first kappa shape index (κ1) is 23.8. The van der Waals surface area contributed by atoms with E-state index in [9.17, 15) is 0 Å². The Balaban J connectivity index is 0.